The fraction of sp³-hybridized carbons (Fsp3) is 0.316. The lowest BCUT2D eigenvalue weighted by Crippen LogP contribution is -2.06. The number of methoxy groups -OCH3 is 3. The number of aromatic nitrogens is 3. The number of benzene rings is 1. The van der Waals surface area contributed by atoms with Gasteiger partial charge in [-0.3, -0.25) is 0 Å². The van der Waals surface area contributed by atoms with Crippen LogP contribution in [0.4, 0.5) is 16.8 Å². The molecule has 0 saturated carbocycles. The topological polar surface area (TPSA) is 90.4 Å². The second-order valence-corrected chi connectivity index (χ2v) is 6.81. The summed E-state index contributed by atoms with van der Waals surface area (Å²) in [6, 6.07) is 7.42. The van der Waals surface area contributed by atoms with E-state index in [2.05, 4.69) is 25.6 Å². The van der Waals surface area contributed by atoms with Gasteiger partial charge in [0.05, 0.1) is 37.1 Å². The SMILES string of the molecule is COCCNc1nc(C)c(-c2ccnc(Nc3ccc(OC)c(OC)c3)n2)s1. The lowest BCUT2D eigenvalue weighted by atomic mass is 10.2. The predicted molar refractivity (Wildman–Crippen MR) is 111 cm³/mol. The molecule has 3 aromatic rings. The highest BCUT2D eigenvalue weighted by atomic mass is 32.1. The van der Waals surface area contributed by atoms with Crippen molar-refractivity contribution in [3.05, 3.63) is 36.2 Å². The summed E-state index contributed by atoms with van der Waals surface area (Å²) >= 11 is 1.56. The molecule has 0 bridgehead atoms. The molecule has 0 fully saturated rings. The number of ether oxygens (including phenoxy) is 3. The minimum atomic E-state index is 0.492. The van der Waals surface area contributed by atoms with E-state index in [1.165, 1.54) is 0 Å². The Morgan fingerprint density at radius 3 is 2.61 bits per heavy atom. The largest absolute Gasteiger partial charge is 0.493 e. The minimum Gasteiger partial charge on any atom is -0.493 e. The Labute approximate surface area is 167 Å². The number of nitrogens with one attached hydrogen (secondary N) is 2. The van der Waals surface area contributed by atoms with Gasteiger partial charge in [-0.05, 0) is 25.1 Å². The second kappa shape index (κ2) is 9.34. The van der Waals surface area contributed by atoms with Crippen molar-refractivity contribution in [2.24, 2.45) is 0 Å². The quantitative estimate of drug-likeness (QED) is 0.524. The van der Waals surface area contributed by atoms with Crippen molar-refractivity contribution in [1.82, 2.24) is 15.0 Å². The molecule has 0 unspecified atom stereocenters. The van der Waals surface area contributed by atoms with Crippen LogP contribution < -0.4 is 20.1 Å². The average molecular weight is 401 g/mol. The van der Waals surface area contributed by atoms with Crippen LogP contribution in [0.1, 0.15) is 5.69 Å². The first-order valence-corrected chi connectivity index (χ1v) is 9.49. The predicted octanol–water partition coefficient (Wildman–Crippen LogP) is 3.73. The summed E-state index contributed by atoms with van der Waals surface area (Å²) in [5.74, 6) is 1.79. The van der Waals surface area contributed by atoms with Crippen LogP contribution in [0.15, 0.2) is 30.5 Å². The number of hydrogen-bond donors (Lipinski definition) is 2. The monoisotopic (exact) mass is 401 g/mol. The Balaban J connectivity index is 1.79. The van der Waals surface area contributed by atoms with E-state index in [0.717, 1.165) is 27.1 Å². The number of hydrogen-bond acceptors (Lipinski definition) is 9. The number of rotatable bonds is 9. The summed E-state index contributed by atoms with van der Waals surface area (Å²) in [6.45, 7) is 3.30. The minimum absolute atomic E-state index is 0.492. The van der Waals surface area contributed by atoms with E-state index < -0.39 is 0 Å². The molecular formula is C19H23N5O3S. The molecule has 8 nitrogen and oxygen atoms in total. The maximum atomic E-state index is 5.34. The normalized spacial score (nSPS) is 10.6. The Bertz CT molecular complexity index is 932. The molecule has 1 aromatic carbocycles. The van der Waals surface area contributed by atoms with Gasteiger partial charge in [0, 0.05) is 31.6 Å². The number of thiazole rings is 1. The smallest absolute Gasteiger partial charge is 0.227 e. The molecule has 0 aliphatic carbocycles. The van der Waals surface area contributed by atoms with Crippen molar-refractivity contribution in [3.63, 3.8) is 0 Å². The van der Waals surface area contributed by atoms with E-state index in [-0.39, 0.29) is 0 Å². The molecule has 0 spiro atoms. The first-order chi connectivity index (χ1) is 13.6. The van der Waals surface area contributed by atoms with Crippen LogP contribution >= 0.6 is 11.3 Å². The van der Waals surface area contributed by atoms with Gasteiger partial charge in [0.25, 0.3) is 0 Å². The molecule has 148 valence electrons. The fourth-order valence-corrected chi connectivity index (χ4v) is 3.52. The highest BCUT2D eigenvalue weighted by molar-refractivity contribution is 7.19. The van der Waals surface area contributed by atoms with Crippen molar-refractivity contribution in [1.29, 1.82) is 0 Å². The zero-order valence-electron chi connectivity index (χ0n) is 16.3. The first-order valence-electron chi connectivity index (χ1n) is 8.67. The first kappa shape index (κ1) is 19.8. The van der Waals surface area contributed by atoms with E-state index in [0.29, 0.717) is 30.6 Å². The fourth-order valence-electron chi connectivity index (χ4n) is 2.56. The van der Waals surface area contributed by atoms with Gasteiger partial charge < -0.3 is 24.8 Å². The van der Waals surface area contributed by atoms with Gasteiger partial charge >= 0.3 is 0 Å². The summed E-state index contributed by atoms with van der Waals surface area (Å²) in [6.07, 6.45) is 1.72. The van der Waals surface area contributed by atoms with Crippen LogP contribution in [0.3, 0.4) is 0 Å². The summed E-state index contributed by atoms with van der Waals surface area (Å²) in [5, 5.41) is 7.30. The van der Waals surface area contributed by atoms with Crippen molar-refractivity contribution >= 4 is 28.1 Å². The van der Waals surface area contributed by atoms with E-state index in [9.17, 15) is 0 Å². The molecule has 2 aromatic heterocycles. The third-order valence-electron chi connectivity index (χ3n) is 3.91. The third kappa shape index (κ3) is 4.68. The molecule has 3 rings (SSSR count). The van der Waals surface area contributed by atoms with Gasteiger partial charge in [0.2, 0.25) is 5.95 Å². The number of aryl methyl sites for hydroxylation is 1. The van der Waals surface area contributed by atoms with Gasteiger partial charge in [-0.15, -0.1) is 0 Å². The van der Waals surface area contributed by atoms with E-state index >= 15 is 0 Å². The van der Waals surface area contributed by atoms with Crippen molar-refractivity contribution < 1.29 is 14.2 Å². The van der Waals surface area contributed by atoms with Gasteiger partial charge in [0.15, 0.2) is 16.6 Å². The standard InChI is InChI=1S/C19H23N5O3S/c1-12-17(28-19(22-12)21-9-10-25-2)14-7-8-20-18(24-14)23-13-5-6-15(26-3)16(11-13)27-4/h5-8,11H,9-10H2,1-4H3,(H,21,22)(H,20,23,24). The molecule has 0 aliphatic heterocycles. The molecule has 0 atom stereocenters. The summed E-state index contributed by atoms with van der Waals surface area (Å²) < 4.78 is 15.7. The third-order valence-corrected chi connectivity index (χ3v) is 5.04. The summed E-state index contributed by atoms with van der Waals surface area (Å²) in [5.41, 5.74) is 2.53. The molecule has 2 heterocycles. The lowest BCUT2D eigenvalue weighted by Gasteiger charge is -2.10. The number of anilines is 3. The molecule has 28 heavy (non-hydrogen) atoms. The van der Waals surface area contributed by atoms with Crippen LogP contribution in [-0.2, 0) is 4.74 Å². The Morgan fingerprint density at radius 2 is 1.86 bits per heavy atom. The molecule has 2 N–H and O–H groups in total. The average Bonchev–Trinajstić information content (AvgIpc) is 3.09. The van der Waals surface area contributed by atoms with Gasteiger partial charge in [-0.2, -0.15) is 0 Å². The van der Waals surface area contributed by atoms with Crippen LogP contribution in [0.5, 0.6) is 11.5 Å². The summed E-state index contributed by atoms with van der Waals surface area (Å²) in [4.78, 5) is 14.5. The van der Waals surface area contributed by atoms with E-state index in [4.69, 9.17) is 14.2 Å². The van der Waals surface area contributed by atoms with Crippen LogP contribution in [-0.4, -0.2) is 49.4 Å². The van der Waals surface area contributed by atoms with Crippen molar-refractivity contribution in [2.75, 3.05) is 45.1 Å². The van der Waals surface area contributed by atoms with Crippen LogP contribution in [0.2, 0.25) is 0 Å². The summed E-state index contributed by atoms with van der Waals surface area (Å²) in [7, 11) is 4.88. The molecule has 0 amide bonds. The molecule has 9 heteroatoms. The zero-order valence-corrected chi connectivity index (χ0v) is 17.1. The Morgan fingerprint density at radius 1 is 1.04 bits per heavy atom. The van der Waals surface area contributed by atoms with E-state index in [1.54, 1.807) is 38.9 Å². The van der Waals surface area contributed by atoms with Gasteiger partial charge in [-0.25, -0.2) is 15.0 Å². The molecule has 0 saturated heterocycles. The molecular weight excluding hydrogens is 378 g/mol. The van der Waals surface area contributed by atoms with Crippen molar-refractivity contribution in [2.45, 2.75) is 6.92 Å². The van der Waals surface area contributed by atoms with Gasteiger partial charge in [-0.1, -0.05) is 11.3 Å². The molecule has 0 aliphatic rings. The highest BCUT2D eigenvalue weighted by Gasteiger charge is 2.12. The molecule has 0 radical (unpaired) electrons. The van der Waals surface area contributed by atoms with E-state index in [1.807, 2.05) is 31.2 Å². The highest BCUT2D eigenvalue weighted by Crippen LogP contribution is 2.33. The maximum Gasteiger partial charge on any atom is 0.227 e. The Hall–Kier alpha value is -2.91. The van der Waals surface area contributed by atoms with Crippen LogP contribution in [0, 0.1) is 6.92 Å². The van der Waals surface area contributed by atoms with Gasteiger partial charge in [0.1, 0.15) is 0 Å². The second-order valence-electron chi connectivity index (χ2n) is 5.81. The van der Waals surface area contributed by atoms with Crippen molar-refractivity contribution in [3.8, 4) is 22.1 Å². The Kier molecular flexibility index (Phi) is 6.62. The number of nitrogens with zero attached hydrogens (tertiary/aromatic N) is 3. The lowest BCUT2D eigenvalue weighted by molar-refractivity contribution is 0.211. The zero-order chi connectivity index (χ0) is 19.9. The maximum absolute atomic E-state index is 5.34. The van der Waals surface area contributed by atoms with Crippen LogP contribution in [0.25, 0.3) is 10.6 Å².